The molecule has 0 atom stereocenters. The first-order valence-corrected chi connectivity index (χ1v) is 6.52. The molecule has 1 amide bonds. The molecule has 0 aliphatic rings. The molecule has 0 saturated carbocycles. The summed E-state index contributed by atoms with van der Waals surface area (Å²) in [6, 6.07) is 11.4. The predicted octanol–water partition coefficient (Wildman–Crippen LogP) is 1.86. The van der Waals surface area contributed by atoms with E-state index in [1.165, 1.54) is 5.56 Å². The van der Waals surface area contributed by atoms with Crippen LogP contribution in [-0.4, -0.2) is 10.9 Å². The maximum absolute atomic E-state index is 12.0. The summed E-state index contributed by atoms with van der Waals surface area (Å²) < 4.78 is 0. The Morgan fingerprint density at radius 3 is 2.70 bits per heavy atom. The summed E-state index contributed by atoms with van der Waals surface area (Å²) in [5.41, 5.74) is 5.84. The van der Waals surface area contributed by atoms with Crippen LogP contribution >= 0.6 is 0 Å². The van der Waals surface area contributed by atoms with Crippen molar-refractivity contribution in [3.8, 4) is 0 Å². The van der Waals surface area contributed by atoms with E-state index in [-0.39, 0.29) is 5.91 Å². The van der Waals surface area contributed by atoms with E-state index in [4.69, 9.17) is 5.84 Å². The smallest absolute Gasteiger partial charge is 0.270 e. The number of carbonyl (C=O) groups excluding carboxylic acids is 1. The van der Waals surface area contributed by atoms with Crippen LogP contribution < -0.4 is 16.6 Å². The highest BCUT2D eigenvalue weighted by molar-refractivity contribution is 5.93. The van der Waals surface area contributed by atoms with Gasteiger partial charge in [-0.05, 0) is 29.7 Å². The second-order valence-electron chi connectivity index (χ2n) is 4.38. The zero-order valence-electron chi connectivity index (χ0n) is 11.4. The molecule has 104 valence electrons. The lowest BCUT2D eigenvalue weighted by atomic mass is 10.1. The Morgan fingerprint density at radius 2 is 2.00 bits per heavy atom. The van der Waals surface area contributed by atoms with E-state index in [9.17, 15) is 4.79 Å². The van der Waals surface area contributed by atoms with E-state index >= 15 is 0 Å². The van der Waals surface area contributed by atoms with Gasteiger partial charge in [0.15, 0.2) is 0 Å². The Labute approximate surface area is 118 Å². The van der Waals surface area contributed by atoms with Gasteiger partial charge >= 0.3 is 0 Å². The second kappa shape index (κ2) is 6.68. The number of nitrogen functional groups attached to an aromatic ring is 1. The number of hydrazine groups is 1. The topological polar surface area (TPSA) is 80.0 Å². The minimum Gasteiger partial charge on any atom is -0.347 e. The molecule has 2 rings (SSSR count). The maximum Gasteiger partial charge on any atom is 0.270 e. The summed E-state index contributed by atoms with van der Waals surface area (Å²) in [6.45, 7) is 2.59. The zero-order valence-corrected chi connectivity index (χ0v) is 11.4. The minimum atomic E-state index is -0.215. The molecule has 0 aliphatic carbocycles. The number of aryl methyl sites for hydroxylation is 1. The molecule has 2 aromatic rings. The zero-order chi connectivity index (χ0) is 14.4. The highest BCUT2D eigenvalue weighted by Crippen LogP contribution is 2.10. The second-order valence-corrected chi connectivity index (χ2v) is 4.38. The van der Waals surface area contributed by atoms with Gasteiger partial charge < -0.3 is 10.7 Å². The Morgan fingerprint density at radius 1 is 1.25 bits per heavy atom. The van der Waals surface area contributed by atoms with Gasteiger partial charge in [-0.1, -0.05) is 31.2 Å². The molecule has 1 aromatic heterocycles. The molecule has 0 saturated heterocycles. The van der Waals surface area contributed by atoms with Gasteiger partial charge in [-0.25, -0.2) is 0 Å². The van der Waals surface area contributed by atoms with Gasteiger partial charge in [-0.3, -0.25) is 15.6 Å². The summed E-state index contributed by atoms with van der Waals surface area (Å²) in [5.74, 6) is 5.10. The van der Waals surface area contributed by atoms with Crippen molar-refractivity contribution >= 4 is 11.6 Å². The van der Waals surface area contributed by atoms with Crippen molar-refractivity contribution < 1.29 is 4.79 Å². The lowest BCUT2D eigenvalue weighted by molar-refractivity contribution is 0.0946. The van der Waals surface area contributed by atoms with Gasteiger partial charge in [0.1, 0.15) is 5.69 Å². The molecule has 0 radical (unpaired) electrons. The first kappa shape index (κ1) is 14.0. The molecule has 5 nitrogen and oxygen atoms in total. The number of nitrogens with two attached hydrogens (primary N) is 1. The summed E-state index contributed by atoms with van der Waals surface area (Å²) in [5, 5.41) is 2.87. The van der Waals surface area contributed by atoms with Crippen LogP contribution in [0.3, 0.4) is 0 Å². The van der Waals surface area contributed by atoms with E-state index in [2.05, 4.69) is 28.7 Å². The first-order valence-electron chi connectivity index (χ1n) is 6.52. The quantitative estimate of drug-likeness (QED) is 0.572. The van der Waals surface area contributed by atoms with Gasteiger partial charge in [0, 0.05) is 12.7 Å². The SMILES string of the molecule is CCc1ccccc1CNC(=O)c1cc(NN)ccn1. The number of hydrogen-bond donors (Lipinski definition) is 3. The van der Waals surface area contributed by atoms with E-state index in [1.807, 2.05) is 18.2 Å². The molecule has 4 N–H and O–H groups in total. The van der Waals surface area contributed by atoms with Crippen molar-refractivity contribution in [3.05, 3.63) is 59.4 Å². The average Bonchev–Trinajstić information content (AvgIpc) is 2.52. The number of benzene rings is 1. The van der Waals surface area contributed by atoms with Crippen molar-refractivity contribution in [2.24, 2.45) is 5.84 Å². The van der Waals surface area contributed by atoms with E-state index in [1.54, 1.807) is 18.3 Å². The Kier molecular flexibility index (Phi) is 4.68. The number of anilines is 1. The third kappa shape index (κ3) is 3.33. The Bertz CT molecular complexity index is 598. The summed E-state index contributed by atoms with van der Waals surface area (Å²) >= 11 is 0. The van der Waals surface area contributed by atoms with Crippen molar-refractivity contribution in [1.82, 2.24) is 10.3 Å². The summed E-state index contributed by atoms with van der Waals surface area (Å²) in [6.07, 6.45) is 2.49. The molecule has 5 heteroatoms. The van der Waals surface area contributed by atoms with Gasteiger partial charge in [-0.15, -0.1) is 0 Å². The number of aromatic nitrogens is 1. The molecular formula is C15H18N4O. The highest BCUT2D eigenvalue weighted by atomic mass is 16.1. The fourth-order valence-corrected chi connectivity index (χ4v) is 1.99. The maximum atomic E-state index is 12.0. The summed E-state index contributed by atoms with van der Waals surface area (Å²) in [4.78, 5) is 16.1. The van der Waals surface area contributed by atoms with Crippen molar-refractivity contribution in [2.75, 3.05) is 5.43 Å². The molecular weight excluding hydrogens is 252 g/mol. The lowest BCUT2D eigenvalue weighted by Gasteiger charge is -2.09. The van der Waals surface area contributed by atoms with E-state index in [0.717, 1.165) is 12.0 Å². The first-order chi connectivity index (χ1) is 9.74. The molecule has 0 aliphatic heterocycles. The number of nitrogens with zero attached hydrogens (tertiary/aromatic N) is 1. The number of pyridine rings is 1. The van der Waals surface area contributed by atoms with Crippen LogP contribution in [0.5, 0.6) is 0 Å². The van der Waals surface area contributed by atoms with Gasteiger partial charge in [0.05, 0.1) is 5.69 Å². The summed E-state index contributed by atoms with van der Waals surface area (Å²) in [7, 11) is 0. The van der Waals surface area contributed by atoms with E-state index in [0.29, 0.717) is 17.9 Å². The fourth-order valence-electron chi connectivity index (χ4n) is 1.99. The van der Waals surface area contributed by atoms with Crippen LogP contribution in [0.25, 0.3) is 0 Å². The molecule has 0 bridgehead atoms. The van der Waals surface area contributed by atoms with E-state index < -0.39 is 0 Å². The van der Waals surface area contributed by atoms with Crippen LogP contribution in [0.15, 0.2) is 42.6 Å². The van der Waals surface area contributed by atoms with Crippen LogP contribution in [0, 0.1) is 0 Å². The highest BCUT2D eigenvalue weighted by Gasteiger charge is 2.08. The third-order valence-electron chi connectivity index (χ3n) is 3.10. The molecule has 1 heterocycles. The van der Waals surface area contributed by atoms with Crippen molar-refractivity contribution in [1.29, 1.82) is 0 Å². The minimum absolute atomic E-state index is 0.215. The van der Waals surface area contributed by atoms with Crippen LogP contribution in [0.4, 0.5) is 5.69 Å². The molecule has 0 fully saturated rings. The van der Waals surface area contributed by atoms with Crippen LogP contribution in [0.1, 0.15) is 28.5 Å². The van der Waals surface area contributed by atoms with Crippen LogP contribution in [0.2, 0.25) is 0 Å². The average molecular weight is 270 g/mol. The normalized spacial score (nSPS) is 10.1. The lowest BCUT2D eigenvalue weighted by Crippen LogP contribution is -2.24. The van der Waals surface area contributed by atoms with Crippen molar-refractivity contribution in [2.45, 2.75) is 19.9 Å². The van der Waals surface area contributed by atoms with Gasteiger partial charge in [0.25, 0.3) is 5.91 Å². The molecule has 1 aromatic carbocycles. The number of carbonyl (C=O) groups is 1. The number of hydrogen-bond acceptors (Lipinski definition) is 4. The fraction of sp³-hybridized carbons (Fsp3) is 0.200. The van der Waals surface area contributed by atoms with Gasteiger partial charge in [0.2, 0.25) is 0 Å². The number of amides is 1. The Hall–Kier alpha value is -2.40. The monoisotopic (exact) mass is 270 g/mol. The van der Waals surface area contributed by atoms with Crippen LogP contribution in [-0.2, 0) is 13.0 Å². The number of rotatable bonds is 5. The Balaban J connectivity index is 2.04. The van der Waals surface area contributed by atoms with Crippen molar-refractivity contribution in [3.63, 3.8) is 0 Å². The third-order valence-corrected chi connectivity index (χ3v) is 3.10. The standard InChI is InChI=1S/C15H18N4O/c1-2-11-5-3-4-6-12(11)10-18-15(20)14-9-13(19-16)7-8-17-14/h3-9H,2,10,16H2,1H3,(H,17,19)(H,18,20). The molecule has 20 heavy (non-hydrogen) atoms. The van der Waals surface area contributed by atoms with Gasteiger partial charge in [-0.2, -0.15) is 0 Å². The molecule has 0 unspecified atom stereocenters. The number of nitrogens with one attached hydrogen (secondary N) is 2. The predicted molar refractivity (Wildman–Crippen MR) is 79.0 cm³/mol. The largest absolute Gasteiger partial charge is 0.347 e. The molecule has 0 spiro atoms.